The average molecular weight is 473 g/mol. The SMILES string of the molecule is O=C(NN=Cc1ccc(OC(=O)c2cccc3ccccc23)cc1)c1ccc(Br)cc1. The summed E-state index contributed by atoms with van der Waals surface area (Å²) in [7, 11) is 0. The van der Waals surface area contributed by atoms with Crippen LogP contribution in [0.3, 0.4) is 0 Å². The first-order valence-corrected chi connectivity index (χ1v) is 10.3. The second kappa shape index (κ2) is 9.36. The highest BCUT2D eigenvalue weighted by Crippen LogP contribution is 2.21. The van der Waals surface area contributed by atoms with Crippen LogP contribution in [0.2, 0.25) is 0 Å². The zero-order valence-corrected chi connectivity index (χ0v) is 17.9. The Morgan fingerprint density at radius 1 is 0.839 bits per heavy atom. The van der Waals surface area contributed by atoms with E-state index in [1.165, 1.54) is 6.21 Å². The molecular formula is C25H17BrN2O3. The van der Waals surface area contributed by atoms with E-state index in [1.807, 2.05) is 36.4 Å². The number of carbonyl (C=O) groups excluding carboxylic acids is 2. The topological polar surface area (TPSA) is 67.8 Å². The average Bonchev–Trinajstić information content (AvgIpc) is 2.80. The molecule has 31 heavy (non-hydrogen) atoms. The number of esters is 1. The van der Waals surface area contributed by atoms with E-state index in [-0.39, 0.29) is 5.91 Å². The lowest BCUT2D eigenvalue weighted by molar-refractivity contribution is 0.0736. The third-order valence-corrected chi connectivity index (χ3v) is 5.11. The van der Waals surface area contributed by atoms with E-state index in [0.29, 0.717) is 16.9 Å². The van der Waals surface area contributed by atoms with Crippen molar-refractivity contribution in [1.82, 2.24) is 5.43 Å². The Balaban J connectivity index is 1.39. The summed E-state index contributed by atoms with van der Waals surface area (Å²) in [4.78, 5) is 24.7. The number of carbonyl (C=O) groups is 2. The maximum absolute atomic E-state index is 12.6. The number of benzene rings is 4. The molecule has 0 heterocycles. The van der Waals surface area contributed by atoms with Crippen molar-refractivity contribution in [3.8, 4) is 5.75 Å². The monoisotopic (exact) mass is 472 g/mol. The van der Waals surface area contributed by atoms with Crippen molar-refractivity contribution in [3.05, 3.63) is 112 Å². The number of rotatable bonds is 5. The Bertz CT molecular complexity index is 1260. The molecule has 0 radical (unpaired) electrons. The zero-order chi connectivity index (χ0) is 21.6. The molecule has 1 amide bonds. The van der Waals surface area contributed by atoms with Gasteiger partial charge in [-0.2, -0.15) is 5.10 Å². The van der Waals surface area contributed by atoms with Crippen LogP contribution in [0.4, 0.5) is 0 Å². The molecule has 4 aromatic rings. The minimum atomic E-state index is -0.417. The lowest BCUT2D eigenvalue weighted by Gasteiger charge is -2.07. The maximum atomic E-state index is 12.6. The van der Waals surface area contributed by atoms with Crippen LogP contribution in [0.15, 0.2) is 101 Å². The molecule has 0 aliphatic carbocycles. The highest BCUT2D eigenvalue weighted by Gasteiger charge is 2.12. The van der Waals surface area contributed by atoms with Gasteiger partial charge in [0.05, 0.1) is 11.8 Å². The van der Waals surface area contributed by atoms with Crippen LogP contribution in [-0.4, -0.2) is 18.1 Å². The molecule has 0 aliphatic rings. The molecule has 0 spiro atoms. The molecule has 0 aliphatic heterocycles. The molecular weight excluding hydrogens is 456 g/mol. The number of nitrogens with zero attached hydrogens (tertiary/aromatic N) is 1. The fourth-order valence-corrected chi connectivity index (χ4v) is 3.28. The molecule has 0 fully saturated rings. The van der Waals surface area contributed by atoms with Crippen LogP contribution in [0.25, 0.3) is 10.8 Å². The summed E-state index contributed by atoms with van der Waals surface area (Å²) in [5.41, 5.74) is 4.26. The molecule has 0 aromatic heterocycles. The van der Waals surface area contributed by atoms with Gasteiger partial charge >= 0.3 is 5.97 Å². The summed E-state index contributed by atoms with van der Waals surface area (Å²) in [6.07, 6.45) is 1.52. The Morgan fingerprint density at radius 2 is 1.55 bits per heavy atom. The van der Waals surface area contributed by atoms with E-state index in [9.17, 15) is 9.59 Å². The summed E-state index contributed by atoms with van der Waals surface area (Å²) in [5.74, 6) is -0.293. The van der Waals surface area contributed by atoms with Crippen molar-refractivity contribution in [2.24, 2.45) is 5.10 Å². The highest BCUT2D eigenvalue weighted by molar-refractivity contribution is 9.10. The molecule has 5 nitrogen and oxygen atoms in total. The molecule has 0 unspecified atom stereocenters. The van der Waals surface area contributed by atoms with Gasteiger partial charge in [-0.15, -0.1) is 0 Å². The molecule has 152 valence electrons. The zero-order valence-electron chi connectivity index (χ0n) is 16.3. The number of hydrazone groups is 1. The van der Waals surface area contributed by atoms with Gasteiger partial charge < -0.3 is 4.74 Å². The first-order chi connectivity index (χ1) is 15.1. The standard InChI is InChI=1S/C25H17BrN2O3/c26-20-12-10-19(11-13-20)24(29)28-27-16-17-8-14-21(15-9-17)31-25(30)23-7-3-5-18-4-1-2-6-22(18)23/h1-16H,(H,28,29). The molecule has 4 aromatic carbocycles. The van der Waals surface area contributed by atoms with Crippen LogP contribution < -0.4 is 10.2 Å². The van der Waals surface area contributed by atoms with Gasteiger partial charge in [0.15, 0.2) is 0 Å². The third kappa shape index (κ3) is 5.05. The van der Waals surface area contributed by atoms with E-state index in [1.54, 1.807) is 54.6 Å². The van der Waals surface area contributed by atoms with Gasteiger partial charge in [-0.3, -0.25) is 4.79 Å². The van der Waals surface area contributed by atoms with Gasteiger partial charge in [0, 0.05) is 10.0 Å². The second-order valence-corrected chi connectivity index (χ2v) is 7.61. The third-order valence-electron chi connectivity index (χ3n) is 4.59. The van der Waals surface area contributed by atoms with E-state index in [2.05, 4.69) is 26.5 Å². The predicted octanol–water partition coefficient (Wildman–Crippen LogP) is 5.59. The lowest BCUT2D eigenvalue weighted by atomic mass is 10.0. The largest absolute Gasteiger partial charge is 0.423 e. The van der Waals surface area contributed by atoms with Crippen molar-refractivity contribution in [3.63, 3.8) is 0 Å². The van der Waals surface area contributed by atoms with Gasteiger partial charge in [-0.05, 0) is 70.9 Å². The van der Waals surface area contributed by atoms with Gasteiger partial charge in [0.2, 0.25) is 0 Å². The lowest BCUT2D eigenvalue weighted by Crippen LogP contribution is -2.17. The van der Waals surface area contributed by atoms with Crippen LogP contribution >= 0.6 is 15.9 Å². The minimum Gasteiger partial charge on any atom is -0.423 e. The number of fused-ring (bicyclic) bond motifs is 1. The van der Waals surface area contributed by atoms with Crippen molar-refractivity contribution in [2.45, 2.75) is 0 Å². The number of amides is 1. The predicted molar refractivity (Wildman–Crippen MR) is 125 cm³/mol. The highest BCUT2D eigenvalue weighted by atomic mass is 79.9. The molecule has 4 rings (SSSR count). The fourth-order valence-electron chi connectivity index (χ4n) is 3.02. The number of hydrogen-bond acceptors (Lipinski definition) is 4. The minimum absolute atomic E-state index is 0.301. The van der Waals surface area contributed by atoms with E-state index in [0.717, 1.165) is 20.8 Å². The second-order valence-electron chi connectivity index (χ2n) is 6.69. The van der Waals surface area contributed by atoms with Crippen molar-refractivity contribution < 1.29 is 14.3 Å². The molecule has 1 N–H and O–H groups in total. The Labute approximate surface area is 187 Å². The van der Waals surface area contributed by atoms with Crippen LogP contribution in [0.1, 0.15) is 26.3 Å². The quantitative estimate of drug-likeness (QED) is 0.178. The van der Waals surface area contributed by atoms with Crippen LogP contribution in [0, 0.1) is 0 Å². The van der Waals surface area contributed by atoms with E-state index in [4.69, 9.17) is 4.74 Å². The smallest absolute Gasteiger partial charge is 0.344 e. The molecule has 0 bridgehead atoms. The Morgan fingerprint density at radius 3 is 2.32 bits per heavy atom. The summed E-state index contributed by atoms with van der Waals surface area (Å²) in [6.45, 7) is 0. The number of halogens is 1. The first-order valence-electron chi connectivity index (χ1n) is 9.49. The molecule has 0 saturated heterocycles. The normalized spacial score (nSPS) is 10.9. The maximum Gasteiger partial charge on any atom is 0.344 e. The van der Waals surface area contributed by atoms with Gasteiger partial charge in [-0.1, -0.05) is 52.3 Å². The molecule has 0 saturated carbocycles. The van der Waals surface area contributed by atoms with E-state index < -0.39 is 5.97 Å². The Kier molecular flexibility index (Phi) is 6.19. The Hall–Kier alpha value is -3.77. The van der Waals surface area contributed by atoms with Crippen molar-refractivity contribution >= 4 is 44.8 Å². The van der Waals surface area contributed by atoms with Crippen LogP contribution in [0.5, 0.6) is 5.75 Å². The number of nitrogens with one attached hydrogen (secondary N) is 1. The van der Waals surface area contributed by atoms with Crippen molar-refractivity contribution in [1.29, 1.82) is 0 Å². The summed E-state index contributed by atoms with van der Waals surface area (Å²) in [6, 6.07) is 27.1. The summed E-state index contributed by atoms with van der Waals surface area (Å²) in [5, 5.41) is 5.80. The first kappa shape index (κ1) is 20.5. The van der Waals surface area contributed by atoms with Crippen molar-refractivity contribution in [2.75, 3.05) is 0 Å². The van der Waals surface area contributed by atoms with Crippen LogP contribution in [-0.2, 0) is 0 Å². The summed E-state index contributed by atoms with van der Waals surface area (Å²) >= 11 is 3.33. The van der Waals surface area contributed by atoms with Gasteiger partial charge in [0.25, 0.3) is 5.91 Å². The van der Waals surface area contributed by atoms with E-state index >= 15 is 0 Å². The fraction of sp³-hybridized carbons (Fsp3) is 0. The molecule has 6 heteroatoms. The number of hydrogen-bond donors (Lipinski definition) is 1. The van der Waals surface area contributed by atoms with Gasteiger partial charge in [0.1, 0.15) is 5.75 Å². The number of ether oxygens (including phenoxy) is 1. The van der Waals surface area contributed by atoms with Gasteiger partial charge in [-0.25, -0.2) is 10.2 Å². The molecule has 0 atom stereocenters. The summed E-state index contributed by atoms with van der Waals surface area (Å²) < 4.78 is 6.41.